The van der Waals surface area contributed by atoms with Crippen LogP contribution in [-0.4, -0.2) is 6.54 Å². The Hall–Kier alpha value is -0.500. The molecule has 2 rings (SSSR count). The van der Waals surface area contributed by atoms with E-state index >= 15 is 0 Å². The molecule has 2 N–H and O–H groups in total. The zero-order chi connectivity index (χ0) is 9.52. The van der Waals surface area contributed by atoms with E-state index in [1.807, 2.05) is 0 Å². The van der Waals surface area contributed by atoms with Gasteiger partial charge in [0, 0.05) is 13.7 Å². The van der Waals surface area contributed by atoms with Gasteiger partial charge < -0.3 is 5.43 Å². The number of allylic oxidation sites excluding steroid dienone is 1. The average molecular weight is 184 g/mol. The summed E-state index contributed by atoms with van der Waals surface area (Å²) in [6, 6.07) is 0. The summed E-state index contributed by atoms with van der Waals surface area (Å²) in [5.74, 6) is 0. The van der Waals surface area contributed by atoms with Crippen molar-refractivity contribution < 1.29 is 1.43 Å². The van der Waals surface area contributed by atoms with E-state index in [0.717, 1.165) is 6.54 Å². The van der Waals surface area contributed by atoms with Crippen LogP contribution < -0.4 is 10.9 Å². The summed E-state index contributed by atoms with van der Waals surface area (Å²) in [7, 11) is 0. The van der Waals surface area contributed by atoms with Gasteiger partial charge in [0.05, 0.1) is 0 Å². The predicted octanol–water partition coefficient (Wildman–Crippen LogP) is 2.97. The first-order chi connectivity index (χ1) is 6.38. The molecule has 2 nitrogen and oxygen atoms in total. The quantitative estimate of drug-likeness (QED) is 0.654. The van der Waals surface area contributed by atoms with E-state index in [1.54, 1.807) is 5.57 Å². The van der Waals surface area contributed by atoms with Crippen molar-refractivity contribution in [2.75, 3.05) is 6.54 Å². The molecule has 1 aliphatic heterocycles. The van der Waals surface area contributed by atoms with Crippen molar-refractivity contribution in [3.63, 3.8) is 0 Å². The maximum absolute atomic E-state index is 3.19. The van der Waals surface area contributed by atoms with Crippen LogP contribution in [0.4, 0.5) is 0 Å². The number of hydrazine groups is 1. The second-order valence-electron chi connectivity index (χ2n) is 3.77. The van der Waals surface area contributed by atoms with Gasteiger partial charge in [-0.3, -0.25) is 0 Å². The van der Waals surface area contributed by atoms with E-state index in [0.29, 0.717) is 0 Å². The van der Waals surface area contributed by atoms with Crippen molar-refractivity contribution in [1.29, 1.82) is 0 Å². The lowest BCUT2D eigenvalue weighted by Crippen LogP contribution is -2.23. The lowest BCUT2D eigenvalue weighted by atomic mass is 9.98. The summed E-state index contributed by atoms with van der Waals surface area (Å²) in [4.78, 5) is 0. The summed E-state index contributed by atoms with van der Waals surface area (Å²) in [5.41, 5.74) is 9.41. The Balaban J connectivity index is 0.000000299. The third-order valence-electron chi connectivity index (χ3n) is 2.62. The Morgan fingerprint density at radius 3 is 2.46 bits per heavy atom. The first-order valence-corrected chi connectivity index (χ1v) is 5.58. The normalized spacial score (nSPS) is 20.2. The van der Waals surface area contributed by atoms with E-state index < -0.39 is 0 Å². The summed E-state index contributed by atoms with van der Waals surface area (Å²) >= 11 is 0. The van der Waals surface area contributed by atoms with Crippen LogP contribution in [0.5, 0.6) is 0 Å². The van der Waals surface area contributed by atoms with Crippen molar-refractivity contribution in [3.8, 4) is 0 Å². The van der Waals surface area contributed by atoms with Crippen LogP contribution >= 0.6 is 0 Å². The molecular weight excluding hydrogens is 160 g/mol. The molecule has 0 saturated carbocycles. The second-order valence-corrected chi connectivity index (χ2v) is 3.77. The Bertz CT molecular complexity index is 160. The van der Waals surface area contributed by atoms with Gasteiger partial charge in [-0.2, -0.15) is 0 Å². The van der Waals surface area contributed by atoms with Gasteiger partial charge in [0.1, 0.15) is 0 Å². The lowest BCUT2D eigenvalue weighted by molar-refractivity contribution is 0.641. The third-order valence-corrected chi connectivity index (χ3v) is 2.62. The van der Waals surface area contributed by atoms with Crippen molar-refractivity contribution in [1.82, 2.24) is 10.9 Å². The molecule has 0 amide bonds. The SMILES string of the molecule is C1CCC2=C(C1)CNN2.CCCC.[HH]. The van der Waals surface area contributed by atoms with E-state index in [9.17, 15) is 0 Å². The van der Waals surface area contributed by atoms with E-state index in [4.69, 9.17) is 0 Å². The van der Waals surface area contributed by atoms with Gasteiger partial charge in [0.2, 0.25) is 0 Å². The Kier molecular flexibility index (Phi) is 4.91. The lowest BCUT2D eigenvalue weighted by Gasteiger charge is -2.11. The molecule has 13 heavy (non-hydrogen) atoms. The topological polar surface area (TPSA) is 24.1 Å². The number of hydrogen-bond donors (Lipinski definition) is 2. The highest BCUT2D eigenvalue weighted by Crippen LogP contribution is 2.23. The third kappa shape index (κ3) is 3.39. The number of unbranched alkanes of at least 4 members (excludes halogenated alkanes) is 1. The maximum atomic E-state index is 3.19. The van der Waals surface area contributed by atoms with Crippen molar-refractivity contribution in [2.24, 2.45) is 0 Å². The van der Waals surface area contributed by atoms with Gasteiger partial charge in [-0.15, -0.1) is 0 Å². The molecule has 0 atom stereocenters. The zero-order valence-corrected chi connectivity index (χ0v) is 8.95. The second kappa shape index (κ2) is 6.03. The van der Waals surface area contributed by atoms with Gasteiger partial charge in [-0.25, -0.2) is 5.43 Å². The fourth-order valence-electron chi connectivity index (χ4n) is 1.57. The molecule has 0 radical (unpaired) electrons. The molecule has 1 heterocycles. The van der Waals surface area contributed by atoms with Crippen molar-refractivity contribution in [3.05, 3.63) is 11.3 Å². The first-order valence-electron chi connectivity index (χ1n) is 5.58. The molecule has 2 heteroatoms. The fourth-order valence-corrected chi connectivity index (χ4v) is 1.57. The van der Waals surface area contributed by atoms with Crippen LogP contribution in [0.2, 0.25) is 0 Å². The molecule has 0 bridgehead atoms. The molecule has 78 valence electrons. The van der Waals surface area contributed by atoms with E-state index in [2.05, 4.69) is 24.7 Å². The predicted molar refractivity (Wildman–Crippen MR) is 59.3 cm³/mol. The van der Waals surface area contributed by atoms with Gasteiger partial charge in [0.25, 0.3) is 0 Å². The Morgan fingerprint density at radius 2 is 1.85 bits per heavy atom. The molecule has 0 unspecified atom stereocenters. The van der Waals surface area contributed by atoms with E-state index in [-0.39, 0.29) is 1.43 Å². The van der Waals surface area contributed by atoms with Crippen LogP contribution in [0.25, 0.3) is 0 Å². The molecule has 2 aliphatic rings. The van der Waals surface area contributed by atoms with Crippen LogP contribution in [0.1, 0.15) is 53.8 Å². The molecule has 0 fully saturated rings. The van der Waals surface area contributed by atoms with Gasteiger partial charge in [-0.1, -0.05) is 26.7 Å². The van der Waals surface area contributed by atoms with Crippen LogP contribution in [0.15, 0.2) is 11.3 Å². The molecular formula is C11H24N2. The van der Waals surface area contributed by atoms with Crippen LogP contribution in [-0.2, 0) is 0 Å². The summed E-state index contributed by atoms with van der Waals surface area (Å²) in [6.45, 7) is 5.44. The Morgan fingerprint density at radius 1 is 1.15 bits per heavy atom. The van der Waals surface area contributed by atoms with E-state index in [1.165, 1.54) is 44.2 Å². The molecule has 0 spiro atoms. The van der Waals surface area contributed by atoms with Crippen LogP contribution in [0.3, 0.4) is 0 Å². The highest BCUT2D eigenvalue weighted by molar-refractivity contribution is 5.19. The highest BCUT2D eigenvalue weighted by Gasteiger charge is 2.15. The Labute approximate surface area is 83.2 Å². The minimum absolute atomic E-state index is 0. The summed E-state index contributed by atoms with van der Waals surface area (Å²) in [5, 5.41) is 0. The van der Waals surface area contributed by atoms with Gasteiger partial charge in [0.15, 0.2) is 0 Å². The standard InChI is InChI=1S/C7H12N2.C4H10.H2/c1-2-4-7-6(3-1)5-8-9-7;1-3-4-2;/h8-9H,1-5H2;3-4H2,1-2H3;1H. The molecule has 0 aromatic rings. The number of rotatable bonds is 1. The molecule has 0 aromatic heterocycles. The van der Waals surface area contributed by atoms with Gasteiger partial charge in [-0.05, 0) is 31.3 Å². The first kappa shape index (κ1) is 10.6. The number of nitrogens with one attached hydrogen (secondary N) is 2. The van der Waals surface area contributed by atoms with Crippen molar-refractivity contribution >= 4 is 0 Å². The molecule has 0 saturated heterocycles. The molecule has 1 aliphatic carbocycles. The van der Waals surface area contributed by atoms with Crippen molar-refractivity contribution in [2.45, 2.75) is 52.4 Å². The monoisotopic (exact) mass is 184 g/mol. The maximum Gasteiger partial charge on any atom is 0.0378 e. The van der Waals surface area contributed by atoms with Gasteiger partial charge >= 0.3 is 0 Å². The highest BCUT2D eigenvalue weighted by atomic mass is 15.4. The smallest absolute Gasteiger partial charge is 0.0378 e. The largest absolute Gasteiger partial charge is 0.325 e. The minimum Gasteiger partial charge on any atom is -0.325 e. The fraction of sp³-hybridized carbons (Fsp3) is 0.818. The zero-order valence-electron chi connectivity index (χ0n) is 8.95. The molecule has 0 aromatic carbocycles. The minimum atomic E-state index is 0. The summed E-state index contributed by atoms with van der Waals surface area (Å²) in [6.07, 6.45) is 7.98. The summed E-state index contributed by atoms with van der Waals surface area (Å²) < 4.78 is 0. The van der Waals surface area contributed by atoms with Crippen LogP contribution in [0, 0.1) is 0 Å². The number of hydrogen-bond acceptors (Lipinski definition) is 2. The average Bonchev–Trinajstić information content (AvgIpc) is 2.66.